The van der Waals surface area contributed by atoms with Crippen LogP contribution in [0.2, 0.25) is 0 Å². The van der Waals surface area contributed by atoms with Gasteiger partial charge in [0.25, 0.3) is 0 Å². The molecule has 2 aliphatic rings. The van der Waals surface area contributed by atoms with E-state index >= 15 is 0 Å². The molecule has 1 aliphatic heterocycles. The average molecular weight is 274 g/mol. The van der Waals surface area contributed by atoms with Crippen LogP contribution in [0.4, 0.5) is 0 Å². The molecule has 0 N–H and O–H groups in total. The molecule has 0 aromatic carbocycles. The van der Waals surface area contributed by atoms with E-state index in [9.17, 15) is 13.2 Å². The third-order valence-electron chi connectivity index (χ3n) is 4.34. The first-order valence-electron chi connectivity index (χ1n) is 6.70. The molecule has 0 bridgehead atoms. The fraction of sp³-hybridized carbons (Fsp3) is 0.923. The number of hydrogen-bond donors (Lipinski definition) is 0. The summed E-state index contributed by atoms with van der Waals surface area (Å²) in [5, 5.41) is -0.342. The van der Waals surface area contributed by atoms with Crippen LogP contribution in [0.1, 0.15) is 45.4 Å². The van der Waals surface area contributed by atoms with Gasteiger partial charge in [-0.25, -0.2) is 8.42 Å². The quantitative estimate of drug-likeness (QED) is 0.786. The van der Waals surface area contributed by atoms with Gasteiger partial charge in [-0.2, -0.15) is 0 Å². The van der Waals surface area contributed by atoms with Gasteiger partial charge in [-0.1, -0.05) is 6.42 Å². The number of rotatable bonds is 3. The predicted molar refractivity (Wildman–Crippen MR) is 69.2 cm³/mol. The van der Waals surface area contributed by atoms with E-state index in [4.69, 9.17) is 4.74 Å². The Morgan fingerprint density at radius 2 is 2.00 bits per heavy atom. The van der Waals surface area contributed by atoms with Gasteiger partial charge in [0.2, 0.25) is 0 Å². The first-order chi connectivity index (χ1) is 8.33. The zero-order valence-corrected chi connectivity index (χ0v) is 12.0. The molecular weight excluding hydrogens is 252 g/mol. The van der Waals surface area contributed by atoms with Crippen LogP contribution in [-0.2, 0) is 19.4 Å². The van der Waals surface area contributed by atoms with Crippen molar-refractivity contribution in [3.63, 3.8) is 0 Å². The number of ketones is 1. The van der Waals surface area contributed by atoms with Crippen molar-refractivity contribution >= 4 is 15.6 Å². The number of Topliss-reactive ketones (excluding diaryl/α,β-unsaturated/α-hetero) is 1. The van der Waals surface area contributed by atoms with Crippen molar-refractivity contribution in [2.45, 2.75) is 56.3 Å². The lowest BCUT2D eigenvalue weighted by atomic mass is 9.79. The highest BCUT2D eigenvalue weighted by molar-refractivity contribution is 7.91. The number of carbonyl (C=O) groups excluding carboxylic acids is 1. The van der Waals surface area contributed by atoms with E-state index in [0.717, 1.165) is 25.7 Å². The number of carbonyl (C=O) groups is 1. The Morgan fingerprint density at radius 1 is 1.28 bits per heavy atom. The van der Waals surface area contributed by atoms with Crippen molar-refractivity contribution in [3.8, 4) is 0 Å². The smallest absolute Gasteiger partial charge is 0.167 e. The van der Waals surface area contributed by atoms with Crippen molar-refractivity contribution in [1.29, 1.82) is 0 Å². The third kappa shape index (κ3) is 2.77. The summed E-state index contributed by atoms with van der Waals surface area (Å²) in [6, 6.07) is 0. The van der Waals surface area contributed by atoms with Crippen LogP contribution in [0.5, 0.6) is 0 Å². The molecule has 0 spiro atoms. The maximum Gasteiger partial charge on any atom is 0.167 e. The lowest BCUT2D eigenvalue weighted by molar-refractivity contribution is -0.142. The lowest BCUT2D eigenvalue weighted by Gasteiger charge is -2.32. The van der Waals surface area contributed by atoms with E-state index in [0.29, 0.717) is 19.4 Å². The molecule has 0 aromatic heterocycles. The van der Waals surface area contributed by atoms with Crippen LogP contribution >= 0.6 is 0 Å². The van der Waals surface area contributed by atoms with Gasteiger partial charge in [-0.15, -0.1) is 0 Å². The van der Waals surface area contributed by atoms with Crippen molar-refractivity contribution in [2.24, 2.45) is 5.92 Å². The van der Waals surface area contributed by atoms with Crippen molar-refractivity contribution < 1.29 is 17.9 Å². The molecule has 1 saturated carbocycles. The van der Waals surface area contributed by atoms with Crippen LogP contribution in [-0.4, -0.2) is 37.9 Å². The minimum Gasteiger partial charge on any atom is -0.367 e. The second-order valence-corrected chi connectivity index (χ2v) is 8.19. The summed E-state index contributed by atoms with van der Waals surface area (Å²) >= 11 is 0. The van der Waals surface area contributed by atoms with Gasteiger partial charge in [0.1, 0.15) is 15.4 Å². The van der Waals surface area contributed by atoms with Gasteiger partial charge >= 0.3 is 0 Å². The summed E-state index contributed by atoms with van der Waals surface area (Å²) in [5.74, 6) is -0.0186. The SMILES string of the molecule is CC1(C(=O)C2CCCC(S(C)(=O)=O)C2)CCCO1. The first-order valence-corrected chi connectivity index (χ1v) is 8.65. The highest BCUT2D eigenvalue weighted by Gasteiger charge is 2.43. The zero-order chi connectivity index (χ0) is 13.4. The highest BCUT2D eigenvalue weighted by atomic mass is 32.2. The summed E-state index contributed by atoms with van der Waals surface area (Å²) in [4.78, 5) is 12.5. The number of ether oxygens (including phenoxy) is 1. The molecule has 0 aromatic rings. The van der Waals surface area contributed by atoms with E-state index in [1.165, 1.54) is 6.26 Å². The fourth-order valence-corrected chi connectivity index (χ4v) is 4.35. The minimum absolute atomic E-state index is 0.119. The Hall–Kier alpha value is -0.420. The van der Waals surface area contributed by atoms with Crippen LogP contribution in [0, 0.1) is 5.92 Å². The molecule has 3 unspecified atom stereocenters. The van der Waals surface area contributed by atoms with Crippen LogP contribution in [0.3, 0.4) is 0 Å². The standard InChI is InChI=1S/C13H22O4S/c1-13(7-4-8-17-13)12(14)10-5-3-6-11(9-10)18(2,15)16/h10-11H,3-9H2,1-2H3. The molecule has 5 heteroatoms. The topological polar surface area (TPSA) is 60.4 Å². The summed E-state index contributed by atoms with van der Waals surface area (Å²) in [6.45, 7) is 2.50. The van der Waals surface area contributed by atoms with Gasteiger partial charge in [0, 0.05) is 18.8 Å². The van der Waals surface area contributed by atoms with Crippen LogP contribution in [0.25, 0.3) is 0 Å². The summed E-state index contributed by atoms with van der Waals surface area (Å²) in [6.07, 6.45) is 5.78. The van der Waals surface area contributed by atoms with E-state index in [2.05, 4.69) is 0 Å². The third-order valence-corrected chi connectivity index (χ3v) is 5.98. The number of hydrogen-bond acceptors (Lipinski definition) is 4. The van der Waals surface area contributed by atoms with Crippen molar-refractivity contribution in [2.75, 3.05) is 12.9 Å². The Labute approximate surface area is 109 Å². The van der Waals surface area contributed by atoms with Crippen LogP contribution in [0.15, 0.2) is 0 Å². The molecule has 18 heavy (non-hydrogen) atoms. The Kier molecular flexibility index (Phi) is 3.83. The first kappa shape index (κ1) is 14.0. The molecule has 0 amide bonds. The highest BCUT2D eigenvalue weighted by Crippen LogP contribution is 2.36. The minimum atomic E-state index is -3.03. The van der Waals surface area contributed by atoms with E-state index in [-0.39, 0.29) is 17.0 Å². The molecule has 0 radical (unpaired) electrons. The van der Waals surface area contributed by atoms with E-state index < -0.39 is 15.4 Å². The van der Waals surface area contributed by atoms with Gasteiger partial charge in [0.15, 0.2) is 5.78 Å². The van der Waals surface area contributed by atoms with E-state index in [1.807, 2.05) is 6.92 Å². The normalized spacial score (nSPS) is 37.7. The molecule has 1 heterocycles. The van der Waals surface area contributed by atoms with Gasteiger partial charge in [-0.3, -0.25) is 4.79 Å². The summed E-state index contributed by atoms with van der Waals surface area (Å²) < 4.78 is 28.8. The summed E-state index contributed by atoms with van der Waals surface area (Å²) in [7, 11) is -3.03. The fourth-order valence-electron chi connectivity index (χ4n) is 3.18. The molecule has 104 valence electrons. The second-order valence-electron chi connectivity index (χ2n) is 5.86. The molecule has 2 rings (SSSR count). The second kappa shape index (κ2) is 4.93. The molecule has 1 aliphatic carbocycles. The molecule has 1 saturated heterocycles. The number of sulfone groups is 1. The van der Waals surface area contributed by atoms with Crippen LogP contribution < -0.4 is 0 Å². The van der Waals surface area contributed by atoms with Gasteiger partial charge in [-0.05, 0) is 39.0 Å². The van der Waals surface area contributed by atoms with Crippen molar-refractivity contribution in [1.82, 2.24) is 0 Å². The lowest BCUT2D eigenvalue weighted by Crippen LogP contribution is -2.42. The maximum absolute atomic E-state index is 12.5. The summed E-state index contributed by atoms with van der Waals surface area (Å²) in [5.41, 5.74) is -0.663. The van der Waals surface area contributed by atoms with Crippen molar-refractivity contribution in [3.05, 3.63) is 0 Å². The molecular formula is C13H22O4S. The zero-order valence-electron chi connectivity index (χ0n) is 11.1. The molecule has 2 fully saturated rings. The van der Waals surface area contributed by atoms with E-state index in [1.54, 1.807) is 0 Å². The van der Waals surface area contributed by atoms with Gasteiger partial charge < -0.3 is 4.74 Å². The molecule has 3 atom stereocenters. The maximum atomic E-state index is 12.5. The Bertz CT molecular complexity index is 420. The Morgan fingerprint density at radius 3 is 2.56 bits per heavy atom. The molecule has 4 nitrogen and oxygen atoms in total. The predicted octanol–water partition coefficient (Wildman–Crippen LogP) is 1.73. The van der Waals surface area contributed by atoms with Gasteiger partial charge in [0.05, 0.1) is 5.25 Å². The average Bonchev–Trinajstić information content (AvgIpc) is 2.75. The monoisotopic (exact) mass is 274 g/mol. The largest absolute Gasteiger partial charge is 0.367 e. The Balaban J connectivity index is 2.07.